The Labute approximate surface area is 114 Å². The van der Waals surface area contributed by atoms with Gasteiger partial charge in [0.2, 0.25) is 0 Å². The van der Waals surface area contributed by atoms with Crippen molar-refractivity contribution in [3.05, 3.63) is 0 Å². The Morgan fingerprint density at radius 1 is 1.24 bits per heavy atom. The van der Waals surface area contributed by atoms with Crippen molar-refractivity contribution in [1.29, 1.82) is 0 Å². The molecule has 0 unspecified atom stereocenters. The molecular formula is C14H26BrNO. The zero-order chi connectivity index (χ0) is 12.1. The summed E-state index contributed by atoms with van der Waals surface area (Å²) in [6.45, 7) is 4.43. The van der Waals surface area contributed by atoms with Crippen LogP contribution in [-0.4, -0.2) is 43.6 Å². The van der Waals surface area contributed by atoms with E-state index in [0.29, 0.717) is 5.41 Å². The van der Waals surface area contributed by atoms with Gasteiger partial charge in [0.25, 0.3) is 0 Å². The van der Waals surface area contributed by atoms with Gasteiger partial charge in [-0.3, -0.25) is 0 Å². The number of ether oxygens (including phenoxy) is 1. The molecule has 0 aromatic rings. The first-order chi connectivity index (χ1) is 8.24. The molecule has 0 radical (unpaired) electrons. The third-order valence-electron chi connectivity index (χ3n) is 4.49. The molecule has 2 aliphatic rings. The maximum atomic E-state index is 5.50. The normalized spacial score (nSPS) is 25.6. The molecule has 1 saturated carbocycles. The van der Waals surface area contributed by atoms with Crippen molar-refractivity contribution in [2.45, 2.75) is 38.5 Å². The van der Waals surface area contributed by atoms with Crippen LogP contribution in [0.2, 0.25) is 0 Å². The molecule has 3 heteroatoms. The summed E-state index contributed by atoms with van der Waals surface area (Å²) >= 11 is 3.73. The fraction of sp³-hybridized carbons (Fsp3) is 1.00. The van der Waals surface area contributed by atoms with Crippen molar-refractivity contribution in [2.24, 2.45) is 11.3 Å². The van der Waals surface area contributed by atoms with Crippen LogP contribution >= 0.6 is 15.9 Å². The number of rotatable bonds is 5. The van der Waals surface area contributed by atoms with E-state index in [0.717, 1.165) is 24.5 Å². The van der Waals surface area contributed by atoms with Crippen LogP contribution in [0.25, 0.3) is 0 Å². The minimum Gasteiger partial charge on any atom is -0.381 e. The monoisotopic (exact) mass is 303 g/mol. The third kappa shape index (κ3) is 3.93. The number of alkyl halides is 1. The Balaban J connectivity index is 1.80. The fourth-order valence-corrected chi connectivity index (χ4v) is 4.15. The highest BCUT2D eigenvalue weighted by Crippen LogP contribution is 2.34. The molecule has 17 heavy (non-hydrogen) atoms. The lowest BCUT2D eigenvalue weighted by atomic mass is 9.82. The lowest BCUT2D eigenvalue weighted by Gasteiger charge is -2.39. The van der Waals surface area contributed by atoms with Crippen LogP contribution in [0.15, 0.2) is 0 Å². The summed E-state index contributed by atoms with van der Waals surface area (Å²) in [6, 6.07) is 0. The molecule has 0 amide bonds. The molecule has 100 valence electrons. The van der Waals surface area contributed by atoms with E-state index in [1.165, 1.54) is 51.6 Å². The Hall–Kier alpha value is 0.400. The molecule has 0 N–H and O–H groups in total. The van der Waals surface area contributed by atoms with Gasteiger partial charge in [0.1, 0.15) is 0 Å². The average Bonchev–Trinajstić information content (AvgIpc) is 2.83. The summed E-state index contributed by atoms with van der Waals surface area (Å²) in [6.07, 6.45) is 8.25. The minimum atomic E-state index is 0.464. The predicted octanol–water partition coefficient (Wildman–Crippen LogP) is 3.30. The second-order valence-electron chi connectivity index (χ2n) is 6.09. The summed E-state index contributed by atoms with van der Waals surface area (Å²) in [5, 5.41) is 1.12. The maximum absolute atomic E-state index is 5.50. The van der Waals surface area contributed by atoms with Crippen LogP contribution in [0.1, 0.15) is 38.5 Å². The quantitative estimate of drug-likeness (QED) is 0.723. The molecule has 1 saturated heterocycles. The molecule has 2 rings (SSSR count). The second-order valence-corrected chi connectivity index (χ2v) is 6.65. The van der Waals surface area contributed by atoms with Crippen LogP contribution in [0, 0.1) is 11.3 Å². The van der Waals surface area contributed by atoms with Gasteiger partial charge in [-0.25, -0.2) is 0 Å². The molecule has 0 spiro atoms. The van der Waals surface area contributed by atoms with Gasteiger partial charge < -0.3 is 9.64 Å². The molecule has 0 atom stereocenters. The van der Waals surface area contributed by atoms with E-state index < -0.39 is 0 Å². The van der Waals surface area contributed by atoms with Gasteiger partial charge >= 0.3 is 0 Å². The Morgan fingerprint density at radius 2 is 1.88 bits per heavy atom. The predicted molar refractivity (Wildman–Crippen MR) is 75.7 cm³/mol. The van der Waals surface area contributed by atoms with Crippen molar-refractivity contribution < 1.29 is 4.74 Å². The van der Waals surface area contributed by atoms with E-state index in [1.54, 1.807) is 0 Å². The van der Waals surface area contributed by atoms with Crippen molar-refractivity contribution >= 4 is 15.9 Å². The average molecular weight is 304 g/mol. The summed E-state index contributed by atoms with van der Waals surface area (Å²) in [7, 11) is 2.30. The number of hydrogen-bond donors (Lipinski definition) is 0. The molecule has 0 aromatic carbocycles. The van der Waals surface area contributed by atoms with E-state index in [9.17, 15) is 0 Å². The molecule has 1 heterocycles. The topological polar surface area (TPSA) is 12.5 Å². The first-order valence-electron chi connectivity index (χ1n) is 7.06. The second kappa shape index (κ2) is 6.53. The Morgan fingerprint density at radius 3 is 2.47 bits per heavy atom. The molecular weight excluding hydrogens is 278 g/mol. The SMILES string of the molecule is CN(CC1CCCC1)CC1(CBr)CCOCC1. The molecule has 1 aliphatic heterocycles. The van der Waals surface area contributed by atoms with E-state index >= 15 is 0 Å². The van der Waals surface area contributed by atoms with Crippen LogP contribution in [0.4, 0.5) is 0 Å². The summed E-state index contributed by atoms with van der Waals surface area (Å²) in [4.78, 5) is 2.57. The zero-order valence-corrected chi connectivity index (χ0v) is 12.7. The molecule has 0 bridgehead atoms. The van der Waals surface area contributed by atoms with Crippen LogP contribution < -0.4 is 0 Å². The van der Waals surface area contributed by atoms with E-state index in [-0.39, 0.29) is 0 Å². The summed E-state index contributed by atoms with van der Waals surface area (Å²) in [5.74, 6) is 0.965. The third-order valence-corrected chi connectivity index (χ3v) is 5.68. The van der Waals surface area contributed by atoms with Gasteiger partial charge in [-0.1, -0.05) is 28.8 Å². The molecule has 2 nitrogen and oxygen atoms in total. The largest absolute Gasteiger partial charge is 0.381 e. The molecule has 1 aliphatic carbocycles. The number of hydrogen-bond acceptors (Lipinski definition) is 2. The highest BCUT2D eigenvalue weighted by molar-refractivity contribution is 9.09. The van der Waals surface area contributed by atoms with Crippen molar-refractivity contribution in [2.75, 3.05) is 38.7 Å². The zero-order valence-electron chi connectivity index (χ0n) is 11.1. The summed E-state index contributed by atoms with van der Waals surface area (Å²) in [5.41, 5.74) is 0.464. The van der Waals surface area contributed by atoms with Crippen LogP contribution in [-0.2, 0) is 4.74 Å². The lowest BCUT2D eigenvalue weighted by Crippen LogP contribution is -2.42. The van der Waals surface area contributed by atoms with E-state index in [1.807, 2.05) is 0 Å². The van der Waals surface area contributed by atoms with Gasteiger partial charge in [0, 0.05) is 31.6 Å². The van der Waals surface area contributed by atoms with Crippen LogP contribution in [0.5, 0.6) is 0 Å². The summed E-state index contributed by atoms with van der Waals surface area (Å²) < 4.78 is 5.50. The maximum Gasteiger partial charge on any atom is 0.0472 e. The lowest BCUT2D eigenvalue weighted by molar-refractivity contribution is 0.0102. The van der Waals surface area contributed by atoms with Gasteiger partial charge in [0.05, 0.1) is 0 Å². The first-order valence-corrected chi connectivity index (χ1v) is 8.18. The first kappa shape index (κ1) is 13.8. The van der Waals surface area contributed by atoms with Gasteiger partial charge in [-0.2, -0.15) is 0 Å². The van der Waals surface area contributed by atoms with Crippen molar-refractivity contribution in [3.63, 3.8) is 0 Å². The van der Waals surface area contributed by atoms with Gasteiger partial charge in [-0.15, -0.1) is 0 Å². The Bertz CT molecular complexity index is 222. The van der Waals surface area contributed by atoms with Crippen molar-refractivity contribution in [3.8, 4) is 0 Å². The Kier molecular flexibility index (Phi) is 5.31. The van der Waals surface area contributed by atoms with Gasteiger partial charge in [-0.05, 0) is 44.1 Å². The standard InChI is InChI=1S/C14H26BrNO/c1-16(10-13-4-2-3-5-13)12-14(11-15)6-8-17-9-7-14/h13H,2-12H2,1H3. The number of halogens is 1. The van der Waals surface area contributed by atoms with E-state index in [4.69, 9.17) is 4.74 Å². The number of nitrogens with zero attached hydrogens (tertiary/aromatic N) is 1. The molecule has 2 fully saturated rings. The fourth-order valence-electron chi connectivity index (χ4n) is 3.41. The molecule has 0 aromatic heterocycles. The van der Waals surface area contributed by atoms with Crippen LogP contribution in [0.3, 0.4) is 0 Å². The highest BCUT2D eigenvalue weighted by Gasteiger charge is 2.33. The smallest absolute Gasteiger partial charge is 0.0472 e. The van der Waals surface area contributed by atoms with Gasteiger partial charge in [0.15, 0.2) is 0 Å². The van der Waals surface area contributed by atoms with Crippen molar-refractivity contribution in [1.82, 2.24) is 4.90 Å². The highest BCUT2D eigenvalue weighted by atomic mass is 79.9. The minimum absolute atomic E-state index is 0.464. The van der Waals surface area contributed by atoms with E-state index in [2.05, 4.69) is 27.9 Å².